The lowest BCUT2D eigenvalue weighted by Crippen LogP contribution is -2.11. The Labute approximate surface area is 142 Å². The van der Waals surface area contributed by atoms with Crippen molar-refractivity contribution < 1.29 is 9.21 Å². The number of rotatable bonds is 3. The van der Waals surface area contributed by atoms with Crippen molar-refractivity contribution >= 4 is 33.3 Å². The van der Waals surface area contributed by atoms with Crippen LogP contribution in [-0.4, -0.2) is 15.9 Å². The minimum absolute atomic E-state index is 0.283. The summed E-state index contributed by atoms with van der Waals surface area (Å²) in [6.07, 6.45) is 1.51. The number of nitrogens with one attached hydrogen (secondary N) is 2. The van der Waals surface area contributed by atoms with Gasteiger partial charge >= 0.3 is 0 Å². The zero-order valence-corrected chi connectivity index (χ0v) is 14.0. The number of anilines is 1. The molecular formula is C18H15N3O2S. The monoisotopic (exact) mass is 337 g/mol. The first-order valence-electron chi connectivity index (χ1n) is 7.52. The van der Waals surface area contributed by atoms with E-state index in [1.165, 1.54) is 17.6 Å². The summed E-state index contributed by atoms with van der Waals surface area (Å²) < 4.78 is 5.21. The maximum Gasteiger partial charge on any atom is 0.293 e. The molecule has 5 nitrogen and oxygen atoms in total. The Morgan fingerprint density at radius 1 is 1.25 bits per heavy atom. The molecule has 120 valence electrons. The molecule has 0 bridgehead atoms. The van der Waals surface area contributed by atoms with E-state index in [0.717, 1.165) is 33.4 Å². The highest BCUT2D eigenvalue weighted by Crippen LogP contribution is 2.33. The summed E-state index contributed by atoms with van der Waals surface area (Å²) in [6, 6.07) is 9.88. The second-order valence-corrected chi connectivity index (χ2v) is 6.45. The van der Waals surface area contributed by atoms with Gasteiger partial charge < -0.3 is 9.40 Å². The Hall–Kier alpha value is -2.86. The maximum atomic E-state index is 12.2. The number of aryl methyl sites for hydroxylation is 2. The molecule has 0 aliphatic carbocycles. The summed E-state index contributed by atoms with van der Waals surface area (Å²) in [4.78, 5) is 20.2. The van der Waals surface area contributed by atoms with Gasteiger partial charge in [-0.25, -0.2) is 4.98 Å². The average Bonchev–Trinajstić information content (AvgIpc) is 3.25. The third kappa shape index (κ3) is 2.41. The number of aromatic amines is 1. The normalized spacial score (nSPS) is 11.1. The van der Waals surface area contributed by atoms with Crippen LogP contribution in [0.25, 0.3) is 22.2 Å². The molecule has 2 N–H and O–H groups in total. The molecule has 3 heterocycles. The molecule has 4 rings (SSSR count). The van der Waals surface area contributed by atoms with E-state index in [2.05, 4.69) is 21.4 Å². The quantitative estimate of drug-likeness (QED) is 0.566. The van der Waals surface area contributed by atoms with E-state index in [1.807, 2.05) is 37.4 Å². The van der Waals surface area contributed by atoms with Crippen LogP contribution in [0.4, 0.5) is 5.13 Å². The molecule has 1 aromatic carbocycles. The lowest BCUT2D eigenvalue weighted by molar-refractivity contribution is 0.0996. The van der Waals surface area contributed by atoms with E-state index < -0.39 is 0 Å². The predicted octanol–water partition coefficient (Wildman–Crippen LogP) is 4.75. The number of hydrogen-bond acceptors (Lipinski definition) is 4. The maximum absolute atomic E-state index is 12.2. The number of benzene rings is 1. The smallest absolute Gasteiger partial charge is 0.293 e. The lowest BCUT2D eigenvalue weighted by Gasteiger charge is -2.00. The van der Waals surface area contributed by atoms with Gasteiger partial charge in [-0.3, -0.25) is 10.1 Å². The molecule has 0 fully saturated rings. The summed E-state index contributed by atoms with van der Waals surface area (Å²) >= 11 is 1.40. The van der Waals surface area contributed by atoms with Gasteiger partial charge in [0.15, 0.2) is 10.9 Å². The van der Waals surface area contributed by atoms with Crippen LogP contribution < -0.4 is 5.32 Å². The van der Waals surface area contributed by atoms with Crippen LogP contribution in [0.5, 0.6) is 0 Å². The molecule has 0 saturated heterocycles. The number of thiazole rings is 1. The van der Waals surface area contributed by atoms with Gasteiger partial charge in [-0.1, -0.05) is 18.2 Å². The van der Waals surface area contributed by atoms with E-state index in [9.17, 15) is 4.79 Å². The molecule has 0 aliphatic heterocycles. The number of carbonyl (C=O) groups is 1. The number of para-hydroxylation sites is 1. The largest absolute Gasteiger partial charge is 0.459 e. The second kappa shape index (κ2) is 5.65. The number of fused-ring (bicyclic) bond motifs is 1. The first kappa shape index (κ1) is 14.7. The van der Waals surface area contributed by atoms with Crippen LogP contribution in [0.3, 0.4) is 0 Å². The average molecular weight is 337 g/mol. The Bertz CT molecular complexity index is 1040. The number of carbonyl (C=O) groups excluding carboxylic acids is 1. The number of nitrogens with zero attached hydrogens (tertiary/aromatic N) is 1. The van der Waals surface area contributed by atoms with Gasteiger partial charge in [0, 0.05) is 33.1 Å². The van der Waals surface area contributed by atoms with Crippen LogP contribution in [0.1, 0.15) is 21.8 Å². The van der Waals surface area contributed by atoms with Crippen molar-refractivity contribution in [1.82, 2.24) is 9.97 Å². The molecule has 24 heavy (non-hydrogen) atoms. The number of hydrogen-bond donors (Lipinski definition) is 2. The zero-order valence-electron chi connectivity index (χ0n) is 13.2. The van der Waals surface area contributed by atoms with Crippen molar-refractivity contribution in [3.8, 4) is 11.3 Å². The lowest BCUT2D eigenvalue weighted by atomic mass is 10.1. The minimum Gasteiger partial charge on any atom is -0.459 e. The number of furan rings is 1. The van der Waals surface area contributed by atoms with Crippen molar-refractivity contribution in [3.05, 3.63) is 59.0 Å². The SMILES string of the molecule is Cc1ccoc1C(=O)Nc1nc(-c2c(C)[nH]c3ccccc23)cs1. The highest BCUT2D eigenvalue weighted by atomic mass is 32.1. The zero-order chi connectivity index (χ0) is 16.7. The van der Waals surface area contributed by atoms with Crippen molar-refractivity contribution in [2.45, 2.75) is 13.8 Å². The van der Waals surface area contributed by atoms with Gasteiger partial charge in [0.1, 0.15) is 0 Å². The molecule has 0 atom stereocenters. The molecule has 0 radical (unpaired) electrons. The van der Waals surface area contributed by atoms with Gasteiger partial charge in [0.05, 0.1) is 12.0 Å². The first-order valence-corrected chi connectivity index (χ1v) is 8.40. The summed E-state index contributed by atoms with van der Waals surface area (Å²) in [5, 5.41) is 6.43. The van der Waals surface area contributed by atoms with Gasteiger partial charge in [0.25, 0.3) is 5.91 Å². The van der Waals surface area contributed by atoms with Crippen LogP contribution in [0.2, 0.25) is 0 Å². The molecule has 3 aromatic heterocycles. The van der Waals surface area contributed by atoms with Gasteiger partial charge in [-0.05, 0) is 26.0 Å². The summed E-state index contributed by atoms with van der Waals surface area (Å²) in [5.74, 6) is 0.0315. The standard InChI is InChI=1S/C18H15N3O2S/c1-10-7-8-23-16(10)17(22)21-18-20-14(9-24-18)15-11(2)19-13-6-4-3-5-12(13)15/h3-9,19H,1-2H3,(H,20,21,22). The summed E-state index contributed by atoms with van der Waals surface area (Å²) in [5.41, 5.74) is 4.85. The van der Waals surface area contributed by atoms with Crippen molar-refractivity contribution in [2.24, 2.45) is 0 Å². The minimum atomic E-state index is -0.283. The Morgan fingerprint density at radius 3 is 2.88 bits per heavy atom. The topological polar surface area (TPSA) is 70.9 Å². The van der Waals surface area contributed by atoms with Crippen molar-refractivity contribution in [1.29, 1.82) is 0 Å². The van der Waals surface area contributed by atoms with Crippen molar-refractivity contribution in [3.63, 3.8) is 0 Å². The Morgan fingerprint density at radius 2 is 2.08 bits per heavy atom. The Kier molecular flexibility index (Phi) is 3.46. The molecule has 0 aliphatic rings. The van der Waals surface area contributed by atoms with E-state index >= 15 is 0 Å². The third-order valence-electron chi connectivity index (χ3n) is 3.94. The fourth-order valence-corrected chi connectivity index (χ4v) is 3.51. The molecular weight excluding hydrogens is 322 g/mol. The molecule has 0 saturated carbocycles. The predicted molar refractivity (Wildman–Crippen MR) is 95.5 cm³/mol. The van der Waals surface area contributed by atoms with E-state index in [4.69, 9.17) is 4.42 Å². The molecule has 4 aromatic rings. The number of amides is 1. The molecule has 0 unspecified atom stereocenters. The Balaban J connectivity index is 1.66. The van der Waals surface area contributed by atoms with Crippen LogP contribution >= 0.6 is 11.3 Å². The second-order valence-electron chi connectivity index (χ2n) is 5.60. The summed E-state index contributed by atoms with van der Waals surface area (Å²) in [6.45, 7) is 3.86. The first-order chi connectivity index (χ1) is 11.6. The number of aromatic nitrogens is 2. The highest BCUT2D eigenvalue weighted by molar-refractivity contribution is 7.14. The molecule has 6 heteroatoms. The fourth-order valence-electron chi connectivity index (χ4n) is 2.81. The van der Waals surface area contributed by atoms with Gasteiger partial charge in [0.2, 0.25) is 0 Å². The molecule has 1 amide bonds. The van der Waals surface area contributed by atoms with Crippen LogP contribution in [-0.2, 0) is 0 Å². The van der Waals surface area contributed by atoms with Crippen molar-refractivity contribution in [2.75, 3.05) is 5.32 Å². The van der Waals surface area contributed by atoms with E-state index in [-0.39, 0.29) is 5.91 Å². The highest BCUT2D eigenvalue weighted by Gasteiger charge is 2.17. The summed E-state index contributed by atoms with van der Waals surface area (Å²) in [7, 11) is 0. The van der Waals surface area contributed by atoms with Crippen LogP contribution in [0.15, 0.2) is 46.4 Å². The van der Waals surface area contributed by atoms with E-state index in [0.29, 0.717) is 10.9 Å². The van der Waals surface area contributed by atoms with Crippen LogP contribution in [0, 0.1) is 13.8 Å². The van der Waals surface area contributed by atoms with E-state index in [1.54, 1.807) is 6.07 Å². The third-order valence-corrected chi connectivity index (χ3v) is 4.70. The number of H-pyrrole nitrogens is 1. The molecule has 0 spiro atoms. The van der Waals surface area contributed by atoms with Gasteiger partial charge in [-0.2, -0.15) is 0 Å². The van der Waals surface area contributed by atoms with Gasteiger partial charge in [-0.15, -0.1) is 11.3 Å². The fraction of sp³-hybridized carbons (Fsp3) is 0.111.